The summed E-state index contributed by atoms with van der Waals surface area (Å²) in [6.45, 7) is 6.65. The molecule has 2 aromatic carbocycles. The summed E-state index contributed by atoms with van der Waals surface area (Å²) in [5, 5.41) is 10.2. The molecule has 1 heterocycles. The lowest BCUT2D eigenvalue weighted by molar-refractivity contribution is 0.803. The van der Waals surface area contributed by atoms with Crippen LogP contribution >= 0.6 is 11.8 Å². The molecule has 0 spiro atoms. The molecule has 0 fully saturated rings. The highest BCUT2D eigenvalue weighted by atomic mass is 32.2. The van der Waals surface area contributed by atoms with E-state index in [1.54, 1.807) is 0 Å². The third kappa shape index (κ3) is 3.38. The topological polar surface area (TPSA) is 36.7 Å². The van der Waals surface area contributed by atoms with Crippen LogP contribution in [0, 0.1) is 11.3 Å². The Morgan fingerprint density at radius 1 is 1.00 bits per heavy atom. The molecule has 114 valence electrons. The van der Waals surface area contributed by atoms with Gasteiger partial charge in [0.2, 0.25) is 0 Å². The number of benzene rings is 2. The van der Waals surface area contributed by atoms with Crippen molar-refractivity contribution in [3.05, 3.63) is 60.3 Å². The zero-order valence-electron chi connectivity index (χ0n) is 13.5. The van der Waals surface area contributed by atoms with Crippen molar-refractivity contribution >= 4 is 22.7 Å². The summed E-state index contributed by atoms with van der Waals surface area (Å²) in [6.07, 6.45) is 1.82. The minimum absolute atomic E-state index is 0.122. The molecule has 3 aromatic rings. The highest BCUT2D eigenvalue weighted by molar-refractivity contribution is 8.00. The zero-order chi connectivity index (χ0) is 16.4. The summed E-state index contributed by atoms with van der Waals surface area (Å²) in [5.74, 6) is 0. The number of thioether (sulfide) groups is 1. The van der Waals surface area contributed by atoms with Gasteiger partial charge in [-0.2, -0.15) is 5.26 Å². The maximum atomic E-state index is 9.01. The van der Waals surface area contributed by atoms with E-state index in [0.29, 0.717) is 5.56 Å². The minimum Gasteiger partial charge on any atom is -0.256 e. The number of nitriles is 1. The van der Waals surface area contributed by atoms with Gasteiger partial charge >= 0.3 is 0 Å². The van der Waals surface area contributed by atoms with Crippen molar-refractivity contribution in [1.82, 2.24) is 4.98 Å². The molecule has 0 radical (unpaired) electrons. The molecule has 0 aliphatic rings. The van der Waals surface area contributed by atoms with E-state index in [0.717, 1.165) is 16.5 Å². The zero-order valence-corrected chi connectivity index (χ0v) is 14.3. The molecule has 0 atom stereocenters. The number of fused-ring (bicyclic) bond motifs is 1. The van der Waals surface area contributed by atoms with Gasteiger partial charge in [-0.25, -0.2) is 0 Å². The number of hydrogen-bond donors (Lipinski definition) is 0. The molecule has 0 saturated carbocycles. The van der Waals surface area contributed by atoms with Gasteiger partial charge in [0.05, 0.1) is 17.1 Å². The highest BCUT2D eigenvalue weighted by Gasteiger charge is 2.17. The van der Waals surface area contributed by atoms with Gasteiger partial charge in [0.25, 0.3) is 0 Å². The smallest absolute Gasteiger partial charge is 0.0991 e. The number of pyridine rings is 1. The monoisotopic (exact) mass is 318 g/mol. The predicted molar refractivity (Wildman–Crippen MR) is 97.5 cm³/mol. The first-order chi connectivity index (χ1) is 11.0. The molecular weight excluding hydrogens is 300 g/mol. The van der Waals surface area contributed by atoms with Crippen LogP contribution in [0.4, 0.5) is 0 Å². The maximum Gasteiger partial charge on any atom is 0.0991 e. The van der Waals surface area contributed by atoms with Gasteiger partial charge in [-0.3, -0.25) is 4.98 Å². The second-order valence-electron chi connectivity index (χ2n) is 6.41. The summed E-state index contributed by atoms with van der Waals surface area (Å²) < 4.78 is 0.122. The second kappa shape index (κ2) is 6.06. The number of nitrogens with zero attached hydrogens (tertiary/aromatic N) is 2. The molecule has 0 amide bonds. The summed E-state index contributed by atoms with van der Waals surface area (Å²) >= 11 is 1.85. The summed E-state index contributed by atoms with van der Waals surface area (Å²) in [6, 6.07) is 18.3. The van der Waals surface area contributed by atoms with Crippen LogP contribution < -0.4 is 0 Å². The van der Waals surface area contributed by atoms with Crippen molar-refractivity contribution in [2.45, 2.75) is 30.4 Å². The van der Waals surface area contributed by atoms with E-state index in [1.165, 1.54) is 10.5 Å². The fourth-order valence-corrected chi connectivity index (χ4v) is 3.68. The van der Waals surface area contributed by atoms with E-state index in [2.05, 4.69) is 50.0 Å². The average Bonchev–Trinajstić information content (AvgIpc) is 2.53. The van der Waals surface area contributed by atoms with Gasteiger partial charge in [0, 0.05) is 26.8 Å². The van der Waals surface area contributed by atoms with Gasteiger partial charge in [-0.1, -0.05) is 39.0 Å². The van der Waals surface area contributed by atoms with Crippen molar-refractivity contribution in [3.63, 3.8) is 0 Å². The Labute approximate surface area is 141 Å². The lowest BCUT2D eigenvalue weighted by Gasteiger charge is -2.21. The molecule has 0 unspecified atom stereocenters. The Bertz CT molecular complexity index is 884. The van der Waals surface area contributed by atoms with Crippen LogP contribution in [0.1, 0.15) is 26.3 Å². The third-order valence-corrected chi connectivity index (χ3v) is 4.64. The fourth-order valence-electron chi connectivity index (χ4n) is 2.56. The first-order valence-electron chi connectivity index (χ1n) is 7.55. The minimum atomic E-state index is 0.122. The van der Waals surface area contributed by atoms with Crippen LogP contribution in [0.5, 0.6) is 0 Å². The summed E-state index contributed by atoms with van der Waals surface area (Å²) in [4.78, 5) is 5.72. The van der Waals surface area contributed by atoms with Crippen LogP contribution in [0.25, 0.3) is 22.0 Å². The molecular formula is C20H18N2S. The van der Waals surface area contributed by atoms with Gasteiger partial charge in [0.15, 0.2) is 0 Å². The third-order valence-electron chi connectivity index (χ3n) is 3.47. The molecule has 1 aromatic heterocycles. The van der Waals surface area contributed by atoms with Crippen LogP contribution in [0.2, 0.25) is 0 Å². The molecule has 0 N–H and O–H groups in total. The van der Waals surface area contributed by atoms with Crippen molar-refractivity contribution in [2.24, 2.45) is 0 Å². The van der Waals surface area contributed by atoms with Crippen LogP contribution in [0.15, 0.2) is 59.6 Å². The Kier molecular flexibility index (Phi) is 4.11. The first-order valence-corrected chi connectivity index (χ1v) is 8.37. The lowest BCUT2D eigenvalue weighted by atomic mass is 9.99. The number of rotatable bonds is 2. The summed E-state index contributed by atoms with van der Waals surface area (Å²) in [5.41, 5.74) is 3.98. The second-order valence-corrected chi connectivity index (χ2v) is 8.28. The van der Waals surface area contributed by atoms with Crippen molar-refractivity contribution in [3.8, 4) is 17.2 Å². The quantitative estimate of drug-likeness (QED) is 0.572. The lowest BCUT2D eigenvalue weighted by Crippen LogP contribution is -2.07. The molecule has 0 saturated heterocycles. The molecule has 0 bridgehead atoms. The van der Waals surface area contributed by atoms with E-state index < -0.39 is 0 Å². The SMILES string of the molecule is CC(C)(C)Sc1ccc2ncccc2c1-c1ccc(C#N)cc1. The molecule has 0 aliphatic carbocycles. The Hall–Kier alpha value is -2.31. The Morgan fingerprint density at radius 2 is 1.74 bits per heavy atom. The first kappa shape index (κ1) is 15.6. The Balaban J connectivity index is 2.25. The molecule has 3 heteroatoms. The van der Waals surface area contributed by atoms with Gasteiger partial charge in [-0.05, 0) is 35.9 Å². The van der Waals surface area contributed by atoms with Crippen molar-refractivity contribution < 1.29 is 0 Å². The highest BCUT2D eigenvalue weighted by Crippen LogP contribution is 2.41. The van der Waals surface area contributed by atoms with Crippen LogP contribution in [-0.4, -0.2) is 9.73 Å². The maximum absolute atomic E-state index is 9.01. The Morgan fingerprint density at radius 3 is 2.39 bits per heavy atom. The van der Waals surface area contributed by atoms with Gasteiger partial charge in [0.1, 0.15) is 0 Å². The van der Waals surface area contributed by atoms with Crippen molar-refractivity contribution in [1.29, 1.82) is 5.26 Å². The van der Waals surface area contributed by atoms with E-state index in [-0.39, 0.29) is 4.75 Å². The average molecular weight is 318 g/mol. The van der Waals surface area contributed by atoms with E-state index in [4.69, 9.17) is 5.26 Å². The molecule has 3 rings (SSSR count). The summed E-state index contributed by atoms with van der Waals surface area (Å²) in [7, 11) is 0. The van der Waals surface area contributed by atoms with Crippen LogP contribution in [0.3, 0.4) is 0 Å². The normalized spacial score (nSPS) is 11.4. The van der Waals surface area contributed by atoms with E-state index in [9.17, 15) is 0 Å². The largest absolute Gasteiger partial charge is 0.256 e. The van der Waals surface area contributed by atoms with Crippen molar-refractivity contribution in [2.75, 3.05) is 0 Å². The van der Waals surface area contributed by atoms with E-state index in [1.807, 2.05) is 48.3 Å². The number of aromatic nitrogens is 1. The van der Waals surface area contributed by atoms with Gasteiger partial charge in [-0.15, -0.1) is 11.8 Å². The number of hydrogen-bond acceptors (Lipinski definition) is 3. The predicted octanol–water partition coefficient (Wildman–Crippen LogP) is 5.66. The van der Waals surface area contributed by atoms with Gasteiger partial charge < -0.3 is 0 Å². The molecule has 0 aliphatic heterocycles. The molecule has 23 heavy (non-hydrogen) atoms. The van der Waals surface area contributed by atoms with E-state index >= 15 is 0 Å². The van der Waals surface area contributed by atoms with Crippen LogP contribution in [-0.2, 0) is 0 Å². The fraction of sp³-hybridized carbons (Fsp3) is 0.200. The molecule has 2 nitrogen and oxygen atoms in total. The standard InChI is InChI=1S/C20H18N2S/c1-20(2,3)23-18-11-10-17-16(5-4-12-22-17)19(18)15-8-6-14(13-21)7-9-15/h4-12H,1-3H3.